The molecule has 0 spiro atoms. The van der Waals surface area contributed by atoms with Crippen molar-refractivity contribution >= 4 is 12.0 Å². The van der Waals surface area contributed by atoms with Gasteiger partial charge in [-0.25, -0.2) is 9.78 Å². The number of likely N-dealkylation sites (tertiary alicyclic amines) is 1. The number of rotatable bonds is 6. The molecule has 1 aliphatic heterocycles. The van der Waals surface area contributed by atoms with E-state index in [1.54, 1.807) is 38.4 Å². The highest BCUT2D eigenvalue weighted by Crippen LogP contribution is 2.30. The quantitative estimate of drug-likeness (QED) is 0.793. The molecule has 1 aromatic carbocycles. The van der Waals surface area contributed by atoms with Crippen LogP contribution in [0.15, 0.2) is 42.6 Å². The van der Waals surface area contributed by atoms with Gasteiger partial charge in [0, 0.05) is 37.5 Å². The lowest BCUT2D eigenvalue weighted by atomic mass is 9.90. The molecule has 1 atom stereocenters. The minimum atomic E-state index is -0.897. The molecule has 28 heavy (non-hydrogen) atoms. The second kappa shape index (κ2) is 8.16. The fourth-order valence-corrected chi connectivity index (χ4v) is 3.02. The first-order valence-electron chi connectivity index (χ1n) is 8.93. The first-order chi connectivity index (χ1) is 13.4. The summed E-state index contributed by atoms with van der Waals surface area (Å²) in [7, 11) is 1.58. The number of carbonyl (C=O) groups is 2. The smallest absolute Gasteiger partial charge is 0.317 e. The third-order valence-electron chi connectivity index (χ3n) is 4.81. The second-order valence-corrected chi connectivity index (χ2v) is 6.94. The van der Waals surface area contributed by atoms with Gasteiger partial charge in [-0.05, 0) is 31.5 Å². The van der Waals surface area contributed by atoms with Gasteiger partial charge in [-0.15, -0.1) is 0 Å². The van der Waals surface area contributed by atoms with Crippen LogP contribution in [0.5, 0.6) is 17.4 Å². The number of hydrogen-bond acceptors (Lipinski definition) is 5. The Morgan fingerprint density at radius 1 is 1.29 bits per heavy atom. The molecule has 2 heterocycles. The maximum absolute atomic E-state index is 12.4. The van der Waals surface area contributed by atoms with Crippen LogP contribution in [0.1, 0.15) is 18.9 Å². The number of amides is 2. The third-order valence-corrected chi connectivity index (χ3v) is 4.81. The van der Waals surface area contributed by atoms with Gasteiger partial charge in [0.1, 0.15) is 11.5 Å². The molecule has 0 aliphatic carbocycles. The molecular weight excluding hydrogens is 362 g/mol. The Morgan fingerprint density at radius 3 is 2.79 bits per heavy atom. The highest BCUT2D eigenvalue weighted by Gasteiger charge is 2.42. The molecule has 0 bridgehead atoms. The van der Waals surface area contributed by atoms with E-state index >= 15 is 0 Å². The van der Waals surface area contributed by atoms with Gasteiger partial charge in [0.15, 0.2) is 0 Å². The van der Waals surface area contributed by atoms with Crippen LogP contribution in [0.2, 0.25) is 0 Å². The number of benzene rings is 1. The summed E-state index contributed by atoms with van der Waals surface area (Å²) in [5.74, 6) is 0.734. The number of carboxylic acids is 1. The molecule has 1 aromatic heterocycles. The molecule has 148 valence electrons. The number of carbonyl (C=O) groups excluding carboxylic acids is 1. The Morgan fingerprint density at radius 2 is 2.07 bits per heavy atom. The molecule has 2 aromatic rings. The summed E-state index contributed by atoms with van der Waals surface area (Å²) in [5.41, 5.74) is -0.189. The first kappa shape index (κ1) is 19.5. The molecule has 0 saturated carbocycles. The van der Waals surface area contributed by atoms with Gasteiger partial charge in [0.05, 0.1) is 12.5 Å². The van der Waals surface area contributed by atoms with Crippen molar-refractivity contribution in [1.82, 2.24) is 15.2 Å². The average molecular weight is 385 g/mol. The number of carboxylic acid groups (broad SMARTS) is 1. The summed E-state index contributed by atoms with van der Waals surface area (Å²) in [5, 5.41) is 12.1. The van der Waals surface area contributed by atoms with E-state index in [1.165, 1.54) is 4.90 Å². The summed E-state index contributed by atoms with van der Waals surface area (Å²) < 4.78 is 11.0. The van der Waals surface area contributed by atoms with Gasteiger partial charge in [-0.2, -0.15) is 0 Å². The minimum Gasteiger partial charge on any atom is -0.497 e. The zero-order valence-corrected chi connectivity index (χ0v) is 15.8. The standard InChI is InChI=1S/C20H23N3O5/c1-20(18(24)25)8-10-23(13-20)19(26)22-12-14-5-4-9-21-17(14)28-16-7-3-6-15(11-16)27-2/h3-7,9,11H,8,10,12-13H2,1-2H3,(H,22,26)(H,24,25). The lowest BCUT2D eigenvalue weighted by molar-refractivity contribution is -0.147. The number of aromatic nitrogens is 1. The van der Waals surface area contributed by atoms with E-state index in [1.807, 2.05) is 18.2 Å². The third kappa shape index (κ3) is 4.33. The maximum Gasteiger partial charge on any atom is 0.317 e. The van der Waals surface area contributed by atoms with Crippen molar-refractivity contribution in [2.75, 3.05) is 20.2 Å². The van der Waals surface area contributed by atoms with Gasteiger partial charge in [-0.3, -0.25) is 4.79 Å². The summed E-state index contributed by atoms with van der Waals surface area (Å²) in [6, 6.07) is 10.4. The average Bonchev–Trinajstić information content (AvgIpc) is 3.11. The van der Waals surface area contributed by atoms with Crippen LogP contribution < -0.4 is 14.8 Å². The number of aliphatic carboxylic acids is 1. The Kier molecular flexibility index (Phi) is 5.67. The number of methoxy groups -OCH3 is 1. The monoisotopic (exact) mass is 385 g/mol. The van der Waals surface area contributed by atoms with Gasteiger partial charge >= 0.3 is 12.0 Å². The van der Waals surface area contributed by atoms with Gasteiger partial charge in [-0.1, -0.05) is 12.1 Å². The normalized spacial score (nSPS) is 18.6. The highest BCUT2D eigenvalue weighted by molar-refractivity contribution is 5.79. The molecule has 3 rings (SSSR count). The van der Waals surface area contributed by atoms with Crippen molar-refractivity contribution in [1.29, 1.82) is 0 Å². The van der Waals surface area contributed by atoms with Gasteiger partial charge in [0.2, 0.25) is 5.88 Å². The topological polar surface area (TPSA) is 101 Å². The minimum absolute atomic E-state index is 0.189. The SMILES string of the molecule is COc1cccc(Oc2ncccc2CNC(=O)N2CCC(C)(C(=O)O)C2)c1. The van der Waals surface area contributed by atoms with E-state index in [0.29, 0.717) is 35.9 Å². The Hall–Kier alpha value is -3.29. The zero-order chi connectivity index (χ0) is 20.1. The molecule has 1 fully saturated rings. The molecule has 1 unspecified atom stereocenters. The summed E-state index contributed by atoms with van der Waals surface area (Å²) in [6.07, 6.45) is 2.05. The molecule has 0 radical (unpaired) electrons. The van der Waals surface area contributed by atoms with Crippen LogP contribution in [-0.2, 0) is 11.3 Å². The van der Waals surface area contributed by atoms with E-state index in [-0.39, 0.29) is 19.1 Å². The Bertz CT molecular complexity index is 872. The summed E-state index contributed by atoms with van der Waals surface area (Å²) in [6.45, 7) is 2.47. The van der Waals surface area contributed by atoms with E-state index < -0.39 is 11.4 Å². The Balaban J connectivity index is 1.64. The molecule has 2 N–H and O–H groups in total. The van der Waals surface area contributed by atoms with Crippen molar-refractivity contribution in [2.45, 2.75) is 19.9 Å². The van der Waals surface area contributed by atoms with Gasteiger partial charge < -0.3 is 24.8 Å². The first-order valence-corrected chi connectivity index (χ1v) is 8.93. The number of hydrogen-bond donors (Lipinski definition) is 2. The number of urea groups is 1. The lowest BCUT2D eigenvalue weighted by Crippen LogP contribution is -2.40. The fourth-order valence-electron chi connectivity index (χ4n) is 3.02. The largest absolute Gasteiger partial charge is 0.497 e. The molecule has 2 amide bonds. The van der Waals surface area contributed by atoms with Crippen LogP contribution >= 0.6 is 0 Å². The van der Waals surface area contributed by atoms with Crippen molar-refractivity contribution in [3.8, 4) is 17.4 Å². The zero-order valence-electron chi connectivity index (χ0n) is 15.8. The van der Waals surface area contributed by atoms with E-state index in [2.05, 4.69) is 10.3 Å². The maximum atomic E-state index is 12.4. The van der Waals surface area contributed by atoms with Crippen molar-refractivity contribution in [3.05, 3.63) is 48.2 Å². The van der Waals surface area contributed by atoms with Crippen LogP contribution in [-0.4, -0.2) is 47.2 Å². The number of ether oxygens (including phenoxy) is 2. The molecule has 8 nitrogen and oxygen atoms in total. The molecule has 8 heteroatoms. The molecule has 1 saturated heterocycles. The predicted octanol–water partition coefficient (Wildman–Crippen LogP) is 2.89. The highest BCUT2D eigenvalue weighted by atomic mass is 16.5. The van der Waals surface area contributed by atoms with Crippen LogP contribution in [0, 0.1) is 5.41 Å². The van der Waals surface area contributed by atoms with Crippen LogP contribution in [0.4, 0.5) is 4.79 Å². The summed E-state index contributed by atoms with van der Waals surface area (Å²) in [4.78, 5) is 29.5. The van der Waals surface area contributed by atoms with Crippen LogP contribution in [0.25, 0.3) is 0 Å². The van der Waals surface area contributed by atoms with E-state index in [0.717, 1.165) is 0 Å². The number of nitrogens with zero attached hydrogens (tertiary/aromatic N) is 2. The van der Waals surface area contributed by atoms with Crippen molar-refractivity contribution < 1.29 is 24.2 Å². The second-order valence-electron chi connectivity index (χ2n) is 6.94. The van der Waals surface area contributed by atoms with Gasteiger partial charge in [0.25, 0.3) is 0 Å². The Labute approximate surface area is 163 Å². The molecular formula is C20H23N3O5. The van der Waals surface area contributed by atoms with E-state index in [9.17, 15) is 14.7 Å². The fraction of sp³-hybridized carbons (Fsp3) is 0.350. The van der Waals surface area contributed by atoms with Crippen molar-refractivity contribution in [2.24, 2.45) is 5.41 Å². The predicted molar refractivity (Wildman–Crippen MR) is 101 cm³/mol. The molecule has 1 aliphatic rings. The summed E-state index contributed by atoms with van der Waals surface area (Å²) >= 11 is 0. The lowest BCUT2D eigenvalue weighted by Gasteiger charge is -2.20. The van der Waals surface area contributed by atoms with Crippen molar-refractivity contribution in [3.63, 3.8) is 0 Å². The number of pyridine rings is 1. The van der Waals surface area contributed by atoms with Crippen LogP contribution in [0.3, 0.4) is 0 Å². The van der Waals surface area contributed by atoms with E-state index in [4.69, 9.17) is 9.47 Å². The number of nitrogens with one attached hydrogen (secondary N) is 1.